The van der Waals surface area contributed by atoms with Crippen molar-refractivity contribution in [3.05, 3.63) is 128 Å². The molecule has 17 heteroatoms. The lowest BCUT2D eigenvalue weighted by Gasteiger charge is -2.44. The van der Waals surface area contributed by atoms with E-state index in [4.69, 9.17) is 20.4 Å². The first kappa shape index (κ1) is 32.8. The lowest BCUT2D eigenvalue weighted by atomic mass is 9.27. The van der Waals surface area contributed by atoms with E-state index >= 15 is 0 Å². The average Bonchev–Trinajstić information content (AvgIpc) is 3.07. The van der Waals surface area contributed by atoms with E-state index in [1.165, 1.54) is 32.4 Å². The van der Waals surface area contributed by atoms with Crippen molar-refractivity contribution in [3.63, 3.8) is 0 Å². The molecule has 0 radical (unpaired) electrons. The molecule has 7 aromatic rings. The number of nitrogens with zero attached hydrogens (tertiary/aromatic N) is 4. The number of hydrogen-bond donors (Lipinski definition) is 3. The summed E-state index contributed by atoms with van der Waals surface area (Å²) in [4.78, 5) is 43.1. The summed E-state index contributed by atoms with van der Waals surface area (Å²) in [6.07, 6.45) is 6.01. The topological polar surface area (TPSA) is 173 Å². The number of pyridine rings is 4. The number of aromatic nitrogens is 4. The third-order valence-corrected chi connectivity index (χ3v) is 10.4. The van der Waals surface area contributed by atoms with Crippen LogP contribution in [-0.4, -0.2) is 74.5 Å². The molecule has 1 aromatic carbocycles. The van der Waals surface area contributed by atoms with E-state index in [1.807, 2.05) is 31.4 Å². The van der Waals surface area contributed by atoms with E-state index in [2.05, 4.69) is 19.9 Å². The molecule has 0 spiro atoms. The van der Waals surface area contributed by atoms with Gasteiger partial charge in [0.25, 0.3) is 0 Å². The van der Waals surface area contributed by atoms with E-state index < -0.39 is 33.0 Å². The summed E-state index contributed by atoms with van der Waals surface area (Å²) in [6.45, 7) is 0. The van der Waals surface area contributed by atoms with E-state index in [9.17, 15) is 24.9 Å². The first-order valence-electron chi connectivity index (χ1n) is 15.4. The van der Waals surface area contributed by atoms with Crippen molar-refractivity contribution in [2.75, 3.05) is 0 Å². The predicted molar refractivity (Wildman–Crippen MR) is 199 cm³/mol. The molecule has 0 saturated heterocycles. The number of hydrogen-bond acceptors (Lipinski definition) is 11. The molecule has 7 rings (SSSR count). The first-order valence-corrected chi connectivity index (χ1v) is 15.8. The quantitative estimate of drug-likeness (QED) is 0.108. The first-order chi connectivity index (χ1) is 23.0. The number of fused-ring (bicyclic) bond motifs is 6. The lowest BCUT2D eigenvalue weighted by molar-refractivity contribution is -0.258. The second-order valence-corrected chi connectivity index (χ2v) is 13.9. The van der Waals surface area contributed by atoms with Crippen molar-refractivity contribution in [2.45, 2.75) is 21.7 Å². The van der Waals surface area contributed by atoms with Crippen LogP contribution < -0.4 is 11.3 Å². The van der Waals surface area contributed by atoms with Gasteiger partial charge in [0, 0.05) is 35.4 Å². The van der Waals surface area contributed by atoms with Crippen LogP contribution in [0.5, 0.6) is 0 Å². The van der Waals surface area contributed by atoms with E-state index in [-0.39, 0.29) is 33.0 Å². The third-order valence-electron chi connectivity index (χ3n) is 10.2. The smallest absolute Gasteiger partial charge is 0.347 e. The van der Waals surface area contributed by atoms with Gasteiger partial charge in [0.2, 0.25) is 17.2 Å². The molecular weight excluding hydrogens is 642 g/mol. The van der Waals surface area contributed by atoms with Crippen LogP contribution in [0.2, 0.25) is 5.02 Å². The van der Waals surface area contributed by atoms with Gasteiger partial charge in [-0.1, -0.05) is 33.7 Å². The minimum Gasteiger partial charge on any atom is -0.403 e. The van der Waals surface area contributed by atoms with Gasteiger partial charge in [0.1, 0.15) is 36.9 Å². The highest BCUT2D eigenvalue weighted by molar-refractivity contribution is 6.54. The molecule has 0 bridgehead atoms. The van der Waals surface area contributed by atoms with E-state index in [0.29, 0.717) is 32.8 Å². The maximum atomic E-state index is 13.0. The van der Waals surface area contributed by atoms with Crippen LogP contribution in [0.25, 0.3) is 44.0 Å². The molecule has 3 N–H and O–H groups in total. The maximum absolute atomic E-state index is 13.0. The zero-order valence-electron chi connectivity index (χ0n) is 27.1. The summed E-state index contributed by atoms with van der Waals surface area (Å²) in [5.41, 5.74) is -1.45. The fourth-order valence-corrected chi connectivity index (χ4v) is 6.46. The Morgan fingerprint density at radius 3 is 1.61 bits per heavy atom. The molecule has 0 aliphatic rings. The molecule has 0 amide bonds. The molecule has 1 unspecified atom stereocenters. The van der Waals surface area contributed by atoms with Crippen LogP contribution in [0.15, 0.2) is 97.8 Å². The van der Waals surface area contributed by atoms with Gasteiger partial charge in [-0.2, -0.15) is 0 Å². The molecule has 49 heavy (non-hydrogen) atoms. The second-order valence-electron chi connectivity index (χ2n) is 13.5. The standard InChI is InChI=1S/C32H26B5ClN4O7/c33-29(34,30(35,36)16-10-21-23(41-12-16)19-3-1-5-39-25(19)48-27(21)43)14-7-15(9-18(38)8-14)32(46,47)31(37,45)17-11-22-24(42-13-17)20-4-2-6-40-26(20)49-28(22)44/h1-13,45-47H,33-37H2. The summed E-state index contributed by atoms with van der Waals surface area (Å²) < 4.78 is 10.8. The number of benzene rings is 1. The molecule has 0 aliphatic heterocycles. The van der Waals surface area contributed by atoms with Crippen molar-refractivity contribution in [3.8, 4) is 0 Å². The lowest BCUT2D eigenvalue weighted by Crippen LogP contribution is -2.53. The largest absolute Gasteiger partial charge is 0.403 e. The average molecular weight is 668 g/mol. The molecular formula is C32H26B5ClN4O7. The maximum Gasteiger partial charge on any atom is 0.347 e. The fourth-order valence-electron chi connectivity index (χ4n) is 6.22. The summed E-state index contributed by atoms with van der Waals surface area (Å²) in [5.74, 6) is -2.92. The summed E-state index contributed by atoms with van der Waals surface area (Å²) in [5, 5.41) is 35.3. The summed E-state index contributed by atoms with van der Waals surface area (Å²) >= 11 is 6.62. The number of rotatable bonds is 6. The van der Waals surface area contributed by atoms with Crippen LogP contribution in [-0.2, 0) is 21.7 Å². The molecule has 238 valence electrons. The van der Waals surface area contributed by atoms with Crippen LogP contribution in [0, 0.1) is 0 Å². The Bertz CT molecular complexity index is 2440. The van der Waals surface area contributed by atoms with E-state index in [1.54, 1.807) is 54.9 Å². The zero-order chi connectivity index (χ0) is 35.1. The minimum absolute atomic E-state index is 0.0334. The molecule has 0 aliphatic carbocycles. The highest BCUT2D eigenvalue weighted by Gasteiger charge is 2.49. The predicted octanol–water partition coefficient (Wildman–Crippen LogP) is -1.41. The van der Waals surface area contributed by atoms with Gasteiger partial charge in [-0.25, -0.2) is 19.6 Å². The van der Waals surface area contributed by atoms with Crippen molar-refractivity contribution in [1.82, 2.24) is 19.9 Å². The highest BCUT2D eigenvalue weighted by Crippen LogP contribution is 2.42. The fraction of sp³-hybridized carbons (Fsp3) is 0.125. The van der Waals surface area contributed by atoms with Crippen LogP contribution in [0.4, 0.5) is 0 Å². The molecule has 6 aromatic heterocycles. The third kappa shape index (κ3) is 5.01. The molecule has 11 nitrogen and oxygen atoms in total. The van der Waals surface area contributed by atoms with Crippen molar-refractivity contribution >= 4 is 94.8 Å². The van der Waals surface area contributed by atoms with Gasteiger partial charge in [-0.05, 0) is 59.7 Å². The van der Waals surface area contributed by atoms with Gasteiger partial charge in [0.15, 0.2) is 7.85 Å². The van der Waals surface area contributed by atoms with Gasteiger partial charge in [0.05, 0.1) is 32.6 Å². The van der Waals surface area contributed by atoms with Gasteiger partial charge < -0.3 is 24.2 Å². The Morgan fingerprint density at radius 2 is 1.06 bits per heavy atom. The van der Waals surface area contributed by atoms with Crippen molar-refractivity contribution in [1.29, 1.82) is 0 Å². The van der Waals surface area contributed by atoms with Crippen LogP contribution in [0.1, 0.15) is 22.3 Å². The molecule has 0 fully saturated rings. The Morgan fingerprint density at radius 1 is 0.592 bits per heavy atom. The van der Waals surface area contributed by atoms with Crippen molar-refractivity contribution in [2.24, 2.45) is 0 Å². The highest BCUT2D eigenvalue weighted by atomic mass is 35.5. The van der Waals surface area contributed by atoms with E-state index in [0.717, 1.165) is 5.56 Å². The van der Waals surface area contributed by atoms with Gasteiger partial charge >= 0.3 is 11.3 Å². The number of halogens is 1. The monoisotopic (exact) mass is 668 g/mol. The zero-order valence-corrected chi connectivity index (χ0v) is 27.9. The second kappa shape index (κ2) is 11.1. The minimum atomic E-state index is -2.92. The van der Waals surface area contributed by atoms with Crippen LogP contribution in [0.3, 0.4) is 0 Å². The Hall–Kier alpha value is -4.75. The number of aliphatic hydroxyl groups is 3. The van der Waals surface area contributed by atoms with Crippen molar-refractivity contribution < 1.29 is 24.2 Å². The Labute approximate surface area is 287 Å². The molecule has 6 heterocycles. The molecule has 0 saturated carbocycles. The summed E-state index contributed by atoms with van der Waals surface area (Å²) in [7, 11) is 9.08. The Kier molecular flexibility index (Phi) is 7.45. The van der Waals surface area contributed by atoms with Gasteiger partial charge in [-0.15, -0.1) is 0 Å². The SMILES string of the molecule is BC(B)(c1cc(Cl)cc(C(O)(O)C(B)(O)c2cnc3c(c2)c(=O)oc2ncccc23)c1)C(B)(B)c1cnc2c(c1)c(=O)oc1ncccc12. The normalized spacial score (nSPS) is 14.0. The molecule has 1 atom stereocenters. The van der Waals surface area contributed by atoms with Gasteiger partial charge in [-0.3, -0.25) is 9.97 Å². The summed E-state index contributed by atoms with van der Waals surface area (Å²) in [6, 6.07) is 14.6. The van der Waals surface area contributed by atoms with Crippen LogP contribution >= 0.6 is 11.6 Å². The Balaban J connectivity index is 1.30.